The van der Waals surface area contributed by atoms with Crippen molar-refractivity contribution in [2.45, 2.75) is 32.6 Å². The molecule has 0 aliphatic carbocycles. The van der Waals surface area contributed by atoms with Crippen molar-refractivity contribution in [2.24, 2.45) is 0 Å². The Morgan fingerprint density at radius 1 is 0.719 bits per heavy atom. The van der Waals surface area contributed by atoms with E-state index in [1.54, 1.807) is 6.92 Å². The quantitative estimate of drug-likeness (QED) is 0.173. The van der Waals surface area contributed by atoms with E-state index in [-0.39, 0.29) is 5.97 Å². The lowest BCUT2D eigenvalue weighted by Gasteiger charge is -2.25. The molecule has 0 radical (unpaired) electrons. The molecule has 166 valence electrons. The summed E-state index contributed by atoms with van der Waals surface area (Å²) < 4.78 is 11.0. The van der Waals surface area contributed by atoms with Crippen molar-refractivity contribution in [3.05, 3.63) is 97.1 Å². The highest BCUT2D eigenvalue weighted by atomic mass is 16.5. The lowest BCUT2D eigenvalue weighted by molar-refractivity contribution is -0.139. The molecule has 0 unspecified atom stereocenters. The molecule has 0 spiro atoms. The van der Waals surface area contributed by atoms with Gasteiger partial charge in [-0.1, -0.05) is 43.0 Å². The summed E-state index contributed by atoms with van der Waals surface area (Å²) in [4.78, 5) is 13.5. The number of carbonyl (C=O) groups is 1. The first-order valence-corrected chi connectivity index (χ1v) is 11.1. The van der Waals surface area contributed by atoms with Gasteiger partial charge in [0, 0.05) is 22.6 Å². The Bertz CT molecular complexity index is 929. The minimum absolute atomic E-state index is 0.310. The maximum atomic E-state index is 11.3. The first kappa shape index (κ1) is 23.1. The Balaban J connectivity index is 1.48. The second-order valence-electron chi connectivity index (χ2n) is 7.68. The van der Waals surface area contributed by atoms with Gasteiger partial charge in [-0.15, -0.1) is 0 Å². The third-order valence-corrected chi connectivity index (χ3v) is 5.01. The average Bonchev–Trinajstić information content (AvgIpc) is 2.83. The third-order valence-electron chi connectivity index (χ3n) is 5.01. The molecule has 0 saturated heterocycles. The van der Waals surface area contributed by atoms with Gasteiger partial charge in [-0.25, -0.2) is 4.79 Å². The van der Waals surface area contributed by atoms with Gasteiger partial charge >= 0.3 is 5.97 Å². The summed E-state index contributed by atoms with van der Waals surface area (Å²) in [5.74, 6) is 0.556. The number of nitrogens with zero attached hydrogens (tertiary/aromatic N) is 1. The van der Waals surface area contributed by atoms with Gasteiger partial charge in [0.1, 0.15) is 5.75 Å². The smallest absolute Gasteiger partial charge is 0.333 e. The fourth-order valence-electron chi connectivity index (χ4n) is 3.33. The maximum Gasteiger partial charge on any atom is 0.333 e. The van der Waals surface area contributed by atoms with E-state index in [9.17, 15) is 4.79 Å². The highest BCUT2D eigenvalue weighted by Gasteiger charge is 2.11. The summed E-state index contributed by atoms with van der Waals surface area (Å²) in [7, 11) is 0. The normalized spacial score (nSPS) is 10.4. The molecular formula is C28H31NO3. The molecule has 0 aliphatic rings. The van der Waals surface area contributed by atoms with E-state index in [2.05, 4.69) is 47.9 Å². The largest absolute Gasteiger partial charge is 0.494 e. The van der Waals surface area contributed by atoms with Crippen LogP contribution in [0.2, 0.25) is 0 Å². The Morgan fingerprint density at radius 2 is 1.22 bits per heavy atom. The number of ether oxygens (including phenoxy) is 2. The van der Waals surface area contributed by atoms with Crippen LogP contribution in [0.4, 0.5) is 17.1 Å². The molecule has 0 heterocycles. The zero-order valence-electron chi connectivity index (χ0n) is 18.7. The summed E-state index contributed by atoms with van der Waals surface area (Å²) in [6, 6.07) is 28.9. The Labute approximate surface area is 191 Å². The summed E-state index contributed by atoms with van der Waals surface area (Å²) in [5.41, 5.74) is 3.75. The highest BCUT2D eigenvalue weighted by Crippen LogP contribution is 2.34. The van der Waals surface area contributed by atoms with Gasteiger partial charge in [0.25, 0.3) is 0 Å². The molecule has 4 nitrogen and oxygen atoms in total. The molecule has 0 atom stereocenters. The molecule has 3 rings (SSSR count). The van der Waals surface area contributed by atoms with Crippen molar-refractivity contribution in [3.8, 4) is 5.75 Å². The summed E-state index contributed by atoms with van der Waals surface area (Å²) in [6.07, 6.45) is 3.88. The van der Waals surface area contributed by atoms with Gasteiger partial charge in [-0.3, -0.25) is 0 Å². The number of para-hydroxylation sites is 2. The van der Waals surface area contributed by atoms with E-state index in [4.69, 9.17) is 9.47 Å². The molecule has 4 heteroatoms. The van der Waals surface area contributed by atoms with E-state index in [0.717, 1.165) is 48.5 Å². The maximum absolute atomic E-state index is 11.3. The average molecular weight is 430 g/mol. The van der Waals surface area contributed by atoms with E-state index in [1.807, 2.05) is 48.5 Å². The summed E-state index contributed by atoms with van der Waals surface area (Å²) in [6.45, 7) is 6.36. The number of esters is 1. The van der Waals surface area contributed by atoms with Crippen LogP contribution < -0.4 is 9.64 Å². The molecule has 0 N–H and O–H groups in total. The molecule has 0 bridgehead atoms. The van der Waals surface area contributed by atoms with E-state index < -0.39 is 0 Å². The van der Waals surface area contributed by atoms with Crippen molar-refractivity contribution in [3.63, 3.8) is 0 Å². The van der Waals surface area contributed by atoms with Gasteiger partial charge in [0.2, 0.25) is 0 Å². The van der Waals surface area contributed by atoms with Crippen LogP contribution in [0.1, 0.15) is 32.6 Å². The molecule has 0 saturated carbocycles. The van der Waals surface area contributed by atoms with Crippen molar-refractivity contribution >= 4 is 23.0 Å². The molecule has 3 aromatic rings. The van der Waals surface area contributed by atoms with Gasteiger partial charge in [-0.2, -0.15) is 0 Å². The number of unbranched alkanes of at least 4 members (excludes halogenated alkanes) is 3. The Morgan fingerprint density at radius 3 is 1.75 bits per heavy atom. The predicted molar refractivity (Wildman–Crippen MR) is 131 cm³/mol. The molecule has 32 heavy (non-hydrogen) atoms. The zero-order valence-corrected chi connectivity index (χ0v) is 18.7. The van der Waals surface area contributed by atoms with E-state index in [1.165, 1.54) is 0 Å². The summed E-state index contributed by atoms with van der Waals surface area (Å²) >= 11 is 0. The fourth-order valence-corrected chi connectivity index (χ4v) is 3.33. The van der Waals surface area contributed by atoms with Crippen LogP contribution in [-0.4, -0.2) is 19.2 Å². The number of benzene rings is 3. The van der Waals surface area contributed by atoms with Crippen molar-refractivity contribution in [1.29, 1.82) is 0 Å². The second-order valence-corrected chi connectivity index (χ2v) is 7.68. The Hall–Kier alpha value is -3.53. The zero-order chi connectivity index (χ0) is 22.6. The predicted octanol–water partition coefficient (Wildman–Crippen LogP) is 7.21. The fraction of sp³-hybridized carbons (Fsp3) is 0.250. The number of carbonyl (C=O) groups excluding carboxylic acids is 1. The summed E-state index contributed by atoms with van der Waals surface area (Å²) in [5, 5.41) is 0. The SMILES string of the molecule is C=C(C)C(=O)OCCCCCCOc1ccc(N(c2ccccc2)c2ccccc2)cc1. The molecule has 3 aromatic carbocycles. The van der Waals surface area contributed by atoms with Crippen LogP contribution in [0.5, 0.6) is 5.75 Å². The van der Waals surface area contributed by atoms with E-state index in [0.29, 0.717) is 18.8 Å². The number of hydrogen-bond donors (Lipinski definition) is 0. The van der Waals surface area contributed by atoms with Crippen LogP contribution in [0.15, 0.2) is 97.1 Å². The van der Waals surface area contributed by atoms with Crippen LogP contribution >= 0.6 is 0 Å². The van der Waals surface area contributed by atoms with E-state index >= 15 is 0 Å². The lowest BCUT2D eigenvalue weighted by Crippen LogP contribution is -2.09. The van der Waals surface area contributed by atoms with Gasteiger partial charge in [-0.05, 0) is 81.1 Å². The molecular weight excluding hydrogens is 398 g/mol. The minimum Gasteiger partial charge on any atom is -0.494 e. The minimum atomic E-state index is -0.310. The molecule has 0 aliphatic heterocycles. The first-order chi connectivity index (χ1) is 15.6. The number of rotatable bonds is 12. The Kier molecular flexibility index (Phi) is 8.93. The number of hydrogen-bond acceptors (Lipinski definition) is 4. The van der Waals surface area contributed by atoms with Crippen molar-refractivity contribution in [2.75, 3.05) is 18.1 Å². The highest BCUT2D eigenvalue weighted by molar-refractivity contribution is 5.86. The van der Waals surface area contributed by atoms with Crippen LogP contribution in [0.25, 0.3) is 0 Å². The molecule has 0 amide bonds. The molecule has 0 fully saturated rings. The first-order valence-electron chi connectivity index (χ1n) is 11.1. The molecule has 0 aromatic heterocycles. The second kappa shape index (κ2) is 12.4. The van der Waals surface area contributed by atoms with Gasteiger partial charge in [0.05, 0.1) is 13.2 Å². The van der Waals surface area contributed by atoms with Gasteiger partial charge < -0.3 is 14.4 Å². The van der Waals surface area contributed by atoms with Crippen molar-refractivity contribution < 1.29 is 14.3 Å². The van der Waals surface area contributed by atoms with Crippen LogP contribution in [-0.2, 0) is 9.53 Å². The third kappa shape index (κ3) is 7.02. The van der Waals surface area contributed by atoms with Gasteiger partial charge in [0.15, 0.2) is 0 Å². The van der Waals surface area contributed by atoms with Crippen LogP contribution in [0.3, 0.4) is 0 Å². The number of anilines is 3. The van der Waals surface area contributed by atoms with Crippen LogP contribution in [0, 0.1) is 0 Å². The monoisotopic (exact) mass is 429 g/mol. The topological polar surface area (TPSA) is 38.8 Å². The van der Waals surface area contributed by atoms with Crippen molar-refractivity contribution in [1.82, 2.24) is 0 Å². The lowest BCUT2D eigenvalue weighted by atomic mass is 10.2. The standard InChI is InChI=1S/C28H31NO3/c1-23(2)28(30)32-22-12-4-3-11-21-31-27-19-17-26(18-20-27)29(24-13-7-5-8-14-24)25-15-9-6-10-16-25/h5-10,13-20H,1,3-4,11-12,21-22H2,2H3.